The zero-order valence-corrected chi connectivity index (χ0v) is 11.6. The molecule has 0 spiro atoms. The van der Waals surface area contributed by atoms with Crippen LogP contribution in [0.4, 0.5) is 0 Å². The fraction of sp³-hybridized carbons (Fsp3) is 0.615. The molecule has 0 aliphatic carbocycles. The maximum atomic E-state index is 12.2. The van der Waals surface area contributed by atoms with Crippen LogP contribution >= 0.6 is 0 Å². The van der Waals surface area contributed by atoms with E-state index in [9.17, 15) is 9.59 Å². The molecule has 0 atom stereocenters. The van der Waals surface area contributed by atoms with Gasteiger partial charge in [-0.3, -0.25) is 14.7 Å². The molecule has 0 aromatic carbocycles. The Bertz CT molecular complexity index is 464. The number of rotatable bonds is 5. The zero-order valence-electron chi connectivity index (χ0n) is 11.6. The Morgan fingerprint density at radius 1 is 1.50 bits per heavy atom. The Balaban J connectivity index is 1.99. The largest absolute Gasteiger partial charge is 0.385 e. The average Bonchev–Trinajstić information content (AvgIpc) is 2.99. The van der Waals surface area contributed by atoms with Crippen molar-refractivity contribution in [1.29, 1.82) is 0 Å². The summed E-state index contributed by atoms with van der Waals surface area (Å²) in [6.45, 7) is 1.53. The number of hydrogen-bond donors (Lipinski definition) is 2. The van der Waals surface area contributed by atoms with E-state index < -0.39 is 5.41 Å². The molecule has 2 amide bonds. The number of piperidine rings is 1. The number of carbonyl (C=O) groups is 2. The summed E-state index contributed by atoms with van der Waals surface area (Å²) in [6.07, 6.45) is 3.30. The second-order valence-corrected chi connectivity index (χ2v) is 5.15. The van der Waals surface area contributed by atoms with Crippen LogP contribution in [0.5, 0.6) is 0 Å². The summed E-state index contributed by atoms with van der Waals surface area (Å²) in [5.74, 6) is -0.393. The highest BCUT2D eigenvalue weighted by Crippen LogP contribution is 2.35. The number of likely N-dealkylation sites (tertiary alicyclic amines) is 1. The molecule has 1 fully saturated rings. The lowest BCUT2D eigenvalue weighted by Gasteiger charge is -2.39. The van der Waals surface area contributed by atoms with Gasteiger partial charge in [0, 0.05) is 33.0 Å². The second kappa shape index (κ2) is 6.04. The van der Waals surface area contributed by atoms with Crippen molar-refractivity contribution in [2.45, 2.75) is 19.3 Å². The number of nitrogens with zero attached hydrogens (tertiary/aromatic N) is 2. The predicted octanol–water partition coefficient (Wildman–Crippen LogP) is 0.154. The first-order valence-electron chi connectivity index (χ1n) is 6.66. The van der Waals surface area contributed by atoms with Crippen molar-refractivity contribution in [1.82, 2.24) is 15.1 Å². The molecule has 2 rings (SSSR count). The summed E-state index contributed by atoms with van der Waals surface area (Å²) >= 11 is 0. The molecule has 7 nitrogen and oxygen atoms in total. The van der Waals surface area contributed by atoms with Gasteiger partial charge in [0.1, 0.15) is 5.69 Å². The van der Waals surface area contributed by atoms with Gasteiger partial charge in [-0.2, -0.15) is 5.10 Å². The van der Waals surface area contributed by atoms with Gasteiger partial charge in [-0.05, 0) is 25.3 Å². The van der Waals surface area contributed by atoms with Gasteiger partial charge in [0.05, 0.1) is 5.41 Å². The molecule has 0 unspecified atom stereocenters. The standard InChI is InChI=1S/C13H20N4O3/c1-20-9-5-13(12(14)19)3-7-17(8-4-13)11(18)10-2-6-15-16-10/h2,6H,3-5,7-9H2,1H3,(H2,14,19)(H,15,16). The maximum absolute atomic E-state index is 12.2. The Labute approximate surface area is 117 Å². The molecule has 20 heavy (non-hydrogen) atoms. The first kappa shape index (κ1) is 14.5. The molecule has 7 heteroatoms. The molecule has 0 saturated carbocycles. The van der Waals surface area contributed by atoms with Crippen molar-refractivity contribution >= 4 is 11.8 Å². The van der Waals surface area contributed by atoms with E-state index in [0.717, 1.165) is 0 Å². The third-order valence-corrected chi connectivity index (χ3v) is 4.05. The van der Waals surface area contributed by atoms with Crippen LogP contribution in [0.15, 0.2) is 12.3 Å². The van der Waals surface area contributed by atoms with Crippen molar-refractivity contribution in [2.24, 2.45) is 11.1 Å². The van der Waals surface area contributed by atoms with E-state index in [1.54, 1.807) is 24.3 Å². The van der Waals surface area contributed by atoms with Gasteiger partial charge >= 0.3 is 0 Å². The molecule has 1 aromatic heterocycles. The number of aromatic nitrogens is 2. The summed E-state index contributed by atoms with van der Waals surface area (Å²) in [4.78, 5) is 25.6. The highest BCUT2D eigenvalue weighted by molar-refractivity contribution is 5.92. The molecular formula is C13H20N4O3. The Hall–Kier alpha value is -1.89. The molecule has 110 valence electrons. The minimum atomic E-state index is -0.555. The van der Waals surface area contributed by atoms with Crippen molar-refractivity contribution < 1.29 is 14.3 Å². The number of hydrogen-bond acceptors (Lipinski definition) is 4. The molecular weight excluding hydrogens is 260 g/mol. The van der Waals surface area contributed by atoms with Crippen LogP contribution in [-0.2, 0) is 9.53 Å². The number of H-pyrrole nitrogens is 1. The van der Waals surface area contributed by atoms with Crippen LogP contribution in [0.1, 0.15) is 29.8 Å². The lowest BCUT2D eigenvalue weighted by Crippen LogP contribution is -2.49. The number of ether oxygens (including phenoxy) is 1. The smallest absolute Gasteiger partial charge is 0.271 e. The summed E-state index contributed by atoms with van der Waals surface area (Å²) in [6, 6.07) is 1.64. The molecule has 0 radical (unpaired) electrons. The second-order valence-electron chi connectivity index (χ2n) is 5.15. The van der Waals surface area contributed by atoms with Gasteiger partial charge in [0.25, 0.3) is 5.91 Å². The Kier molecular flexibility index (Phi) is 4.39. The monoisotopic (exact) mass is 280 g/mol. The van der Waals surface area contributed by atoms with E-state index in [0.29, 0.717) is 44.7 Å². The summed E-state index contributed by atoms with van der Waals surface area (Å²) in [5.41, 5.74) is 5.46. The van der Waals surface area contributed by atoms with E-state index in [4.69, 9.17) is 10.5 Å². The van der Waals surface area contributed by atoms with E-state index in [-0.39, 0.29) is 11.8 Å². The molecule has 1 aliphatic heterocycles. The molecule has 1 saturated heterocycles. The van der Waals surface area contributed by atoms with Gasteiger partial charge in [0.15, 0.2) is 0 Å². The zero-order chi connectivity index (χ0) is 14.6. The van der Waals surface area contributed by atoms with Crippen LogP contribution in [0, 0.1) is 5.41 Å². The number of nitrogens with two attached hydrogens (primary N) is 1. The van der Waals surface area contributed by atoms with Crippen molar-refractivity contribution in [2.75, 3.05) is 26.8 Å². The number of carbonyl (C=O) groups excluding carboxylic acids is 2. The van der Waals surface area contributed by atoms with Gasteiger partial charge in [-0.15, -0.1) is 0 Å². The molecule has 3 N–H and O–H groups in total. The van der Waals surface area contributed by atoms with Gasteiger partial charge < -0.3 is 15.4 Å². The first-order chi connectivity index (χ1) is 9.59. The summed E-state index contributed by atoms with van der Waals surface area (Å²) in [7, 11) is 1.60. The van der Waals surface area contributed by atoms with Crippen LogP contribution < -0.4 is 5.73 Å². The Morgan fingerprint density at radius 3 is 2.70 bits per heavy atom. The highest BCUT2D eigenvalue weighted by atomic mass is 16.5. The average molecular weight is 280 g/mol. The molecule has 1 aromatic rings. The van der Waals surface area contributed by atoms with E-state index in [1.165, 1.54) is 0 Å². The van der Waals surface area contributed by atoms with Gasteiger partial charge in [-0.25, -0.2) is 0 Å². The summed E-state index contributed by atoms with van der Waals surface area (Å²) < 4.78 is 5.05. The summed E-state index contributed by atoms with van der Waals surface area (Å²) in [5, 5.41) is 6.43. The minimum absolute atomic E-state index is 0.0905. The van der Waals surface area contributed by atoms with Crippen molar-refractivity contribution in [3.8, 4) is 0 Å². The van der Waals surface area contributed by atoms with Crippen LogP contribution in [0.2, 0.25) is 0 Å². The number of nitrogens with one attached hydrogen (secondary N) is 1. The molecule has 2 heterocycles. The van der Waals surface area contributed by atoms with E-state index in [2.05, 4.69) is 10.2 Å². The number of amides is 2. The fourth-order valence-electron chi connectivity index (χ4n) is 2.60. The minimum Gasteiger partial charge on any atom is -0.385 e. The topological polar surface area (TPSA) is 101 Å². The third-order valence-electron chi connectivity index (χ3n) is 4.05. The third kappa shape index (κ3) is 2.82. The lowest BCUT2D eigenvalue weighted by atomic mass is 9.75. The van der Waals surface area contributed by atoms with Crippen LogP contribution in [-0.4, -0.2) is 53.7 Å². The molecule has 1 aliphatic rings. The van der Waals surface area contributed by atoms with Crippen LogP contribution in [0.25, 0.3) is 0 Å². The van der Waals surface area contributed by atoms with Gasteiger partial charge in [-0.1, -0.05) is 0 Å². The van der Waals surface area contributed by atoms with Crippen molar-refractivity contribution in [3.63, 3.8) is 0 Å². The quantitative estimate of drug-likeness (QED) is 0.801. The number of methoxy groups -OCH3 is 1. The normalized spacial score (nSPS) is 17.9. The molecule has 0 bridgehead atoms. The van der Waals surface area contributed by atoms with E-state index >= 15 is 0 Å². The highest BCUT2D eigenvalue weighted by Gasteiger charge is 2.40. The Morgan fingerprint density at radius 2 is 2.20 bits per heavy atom. The van der Waals surface area contributed by atoms with E-state index in [1.807, 2.05) is 0 Å². The van der Waals surface area contributed by atoms with Crippen LogP contribution in [0.3, 0.4) is 0 Å². The van der Waals surface area contributed by atoms with Crippen molar-refractivity contribution in [3.05, 3.63) is 18.0 Å². The number of aromatic amines is 1. The maximum Gasteiger partial charge on any atom is 0.271 e. The fourth-order valence-corrected chi connectivity index (χ4v) is 2.60. The SMILES string of the molecule is COCCC1(C(N)=O)CCN(C(=O)c2ccn[nH]2)CC1. The van der Waals surface area contributed by atoms with Gasteiger partial charge in [0.2, 0.25) is 5.91 Å². The first-order valence-corrected chi connectivity index (χ1v) is 6.66. The number of primary amides is 1. The lowest BCUT2D eigenvalue weighted by molar-refractivity contribution is -0.131. The predicted molar refractivity (Wildman–Crippen MR) is 71.8 cm³/mol.